The molecule has 12 heavy (non-hydrogen) atoms. The van der Waals surface area contributed by atoms with Gasteiger partial charge in [0.2, 0.25) is 0 Å². The number of hydrogen-bond donors (Lipinski definition) is 1. The van der Waals surface area contributed by atoms with Crippen LogP contribution in [0.15, 0.2) is 36.5 Å². The van der Waals surface area contributed by atoms with Gasteiger partial charge < -0.3 is 0 Å². The van der Waals surface area contributed by atoms with Crippen molar-refractivity contribution < 1.29 is 9.23 Å². The van der Waals surface area contributed by atoms with E-state index in [0.29, 0.717) is 0 Å². The SMILES string of the molecule is Fc1ccc(C2C=CNO2)cc1. The van der Waals surface area contributed by atoms with Crippen LogP contribution in [-0.4, -0.2) is 0 Å². The minimum absolute atomic E-state index is 0.0920. The molecule has 1 heterocycles. The van der Waals surface area contributed by atoms with Crippen molar-refractivity contribution in [3.63, 3.8) is 0 Å². The van der Waals surface area contributed by atoms with Gasteiger partial charge >= 0.3 is 0 Å². The van der Waals surface area contributed by atoms with Gasteiger partial charge in [-0.25, -0.2) is 4.39 Å². The molecule has 0 saturated heterocycles. The summed E-state index contributed by atoms with van der Waals surface area (Å²) < 4.78 is 12.5. The third kappa shape index (κ3) is 1.31. The van der Waals surface area contributed by atoms with Gasteiger partial charge in [-0.1, -0.05) is 12.1 Å². The fourth-order valence-corrected chi connectivity index (χ4v) is 1.11. The molecule has 3 heteroatoms. The first-order valence-electron chi connectivity index (χ1n) is 3.69. The maximum Gasteiger partial charge on any atom is 0.130 e. The van der Waals surface area contributed by atoms with E-state index in [1.54, 1.807) is 18.3 Å². The maximum atomic E-state index is 12.5. The van der Waals surface area contributed by atoms with Crippen molar-refractivity contribution >= 4 is 0 Å². The van der Waals surface area contributed by atoms with E-state index < -0.39 is 0 Å². The summed E-state index contributed by atoms with van der Waals surface area (Å²) in [5.74, 6) is -0.228. The Morgan fingerprint density at radius 2 is 2.00 bits per heavy atom. The third-order valence-corrected chi connectivity index (χ3v) is 1.73. The summed E-state index contributed by atoms with van der Waals surface area (Å²) in [6.07, 6.45) is 3.49. The van der Waals surface area contributed by atoms with E-state index >= 15 is 0 Å². The molecule has 0 aliphatic carbocycles. The van der Waals surface area contributed by atoms with E-state index in [0.717, 1.165) is 5.56 Å². The molecule has 2 nitrogen and oxygen atoms in total. The van der Waals surface area contributed by atoms with Crippen LogP contribution in [0.25, 0.3) is 0 Å². The van der Waals surface area contributed by atoms with Crippen LogP contribution >= 0.6 is 0 Å². The molecule has 2 rings (SSSR count). The lowest BCUT2D eigenvalue weighted by Gasteiger charge is -2.06. The van der Waals surface area contributed by atoms with Crippen LogP contribution in [0.2, 0.25) is 0 Å². The summed E-state index contributed by atoms with van der Waals surface area (Å²) in [5, 5.41) is 0. The summed E-state index contributed by atoms with van der Waals surface area (Å²) in [4.78, 5) is 5.10. The van der Waals surface area contributed by atoms with Crippen molar-refractivity contribution in [1.29, 1.82) is 0 Å². The Labute approximate surface area is 69.6 Å². The quantitative estimate of drug-likeness (QED) is 0.686. The van der Waals surface area contributed by atoms with Crippen molar-refractivity contribution in [3.05, 3.63) is 47.9 Å². The molecule has 0 amide bonds. The number of hydroxylamine groups is 1. The zero-order chi connectivity index (χ0) is 8.39. The molecule has 0 spiro atoms. The molecule has 0 saturated carbocycles. The highest BCUT2D eigenvalue weighted by atomic mass is 19.1. The third-order valence-electron chi connectivity index (χ3n) is 1.73. The Morgan fingerprint density at radius 3 is 2.58 bits per heavy atom. The smallest absolute Gasteiger partial charge is 0.130 e. The van der Waals surface area contributed by atoms with Gasteiger partial charge in [-0.3, -0.25) is 10.3 Å². The van der Waals surface area contributed by atoms with Gasteiger partial charge in [-0.15, -0.1) is 0 Å². The van der Waals surface area contributed by atoms with Crippen LogP contribution in [0.1, 0.15) is 11.7 Å². The lowest BCUT2D eigenvalue weighted by atomic mass is 10.1. The minimum atomic E-state index is -0.228. The van der Waals surface area contributed by atoms with Crippen molar-refractivity contribution in [2.45, 2.75) is 6.10 Å². The molecule has 1 atom stereocenters. The molecule has 0 radical (unpaired) electrons. The highest BCUT2D eigenvalue weighted by Crippen LogP contribution is 2.20. The molecular formula is C9H8FNO. The Kier molecular flexibility index (Phi) is 1.80. The Hall–Kier alpha value is -1.35. The van der Waals surface area contributed by atoms with Gasteiger partial charge in [-0.2, -0.15) is 0 Å². The number of nitrogens with one attached hydrogen (secondary N) is 1. The van der Waals surface area contributed by atoms with Crippen LogP contribution in [0.3, 0.4) is 0 Å². The first-order chi connectivity index (χ1) is 5.86. The van der Waals surface area contributed by atoms with E-state index in [1.165, 1.54) is 12.1 Å². The molecule has 1 aliphatic rings. The molecular weight excluding hydrogens is 157 g/mol. The molecule has 0 bridgehead atoms. The lowest BCUT2D eigenvalue weighted by Crippen LogP contribution is -2.03. The van der Waals surface area contributed by atoms with Crippen LogP contribution in [0, 0.1) is 5.82 Å². The predicted octanol–water partition coefficient (Wildman–Crippen LogP) is 1.92. The average molecular weight is 165 g/mol. The van der Waals surface area contributed by atoms with Crippen molar-refractivity contribution in [2.24, 2.45) is 0 Å². The van der Waals surface area contributed by atoms with Gasteiger partial charge in [0.1, 0.15) is 11.9 Å². The highest BCUT2D eigenvalue weighted by Gasteiger charge is 2.11. The van der Waals surface area contributed by atoms with E-state index in [9.17, 15) is 4.39 Å². The first-order valence-corrected chi connectivity index (χ1v) is 3.69. The van der Waals surface area contributed by atoms with Crippen LogP contribution in [0.5, 0.6) is 0 Å². The normalized spacial score (nSPS) is 20.9. The summed E-state index contributed by atoms with van der Waals surface area (Å²) in [6.45, 7) is 0. The molecule has 1 aromatic rings. The molecule has 0 aromatic heterocycles. The summed E-state index contributed by atoms with van der Waals surface area (Å²) in [6, 6.07) is 6.25. The fourth-order valence-electron chi connectivity index (χ4n) is 1.11. The summed E-state index contributed by atoms with van der Waals surface area (Å²) >= 11 is 0. The van der Waals surface area contributed by atoms with Crippen LogP contribution < -0.4 is 5.48 Å². The van der Waals surface area contributed by atoms with Gasteiger partial charge in [0.15, 0.2) is 0 Å². The second kappa shape index (κ2) is 2.95. The highest BCUT2D eigenvalue weighted by molar-refractivity contribution is 5.22. The van der Waals surface area contributed by atoms with E-state index in [2.05, 4.69) is 5.48 Å². The number of hydrogen-bond acceptors (Lipinski definition) is 2. The Bertz CT molecular complexity index is 294. The van der Waals surface area contributed by atoms with Gasteiger partial charge in [-0.05, 0) is 23.8 Å². The predicted molar refractivity (Wildman–Crippen MR) is 42.5 cm³/mol. The van der Waals surface area contributed by atoms with Gasteiger partial charge in [0.25, 0.3) is 0 Å². The monoisotopic (exact) mass is 165 g/mol. The Balaban J connectivity index is 2.23. The molecule has 1 N–H and O–H groups in total. The van der Waals surface area contributed by atoms with Crippen molar-refractivity contribution in [3.8, 4) is 0 Å². The second-order valence-electron chi connectivity index (χ2n) is 2.57. The number of benzene rings is 1. The van der Waals surface area contributed by atoms with Crippen molar-refractivity contribution in [2.75, 3.05) is 0 Å². The number of rotatable bonds is 1. The zero-order valence-electron chi connectivity index (χ0n) is 6.33. The van der Waals surface area contributed by atoms with E-state index in [4.69, 9.17) is 4.84 Å². The second-order valence-corrected chi connectivity index (χ2v) is 2.57. The average Bonchev–Trinajstić information content (AvgIpc) is 2.58. The Morgan fingerprint density at radius 1 is 1.25 bits per heavy atom. The van der Waals surface area contributed by atoms with E-state index in [1.807, 2.05) is 6.08 Å². The fraction of sp³-hybridized carbons (Fsp3) is 0.111. The summed E-state index contributed by atoms with van der Waals surface area (Å²) in [5.41, 5.74) is 3.55. The largest absolute Gasteiger partial charge is 0.274 e. The minimum Gasteiger partial charge on any atom is -0.274 e. The molecule has 0 fully saturated rings. The van der Waals surface area contributed by atoms with Crippen LogP contribution in [0.4, 0.5) is 4.39 Å². The van der Waals surface area contributed by atoms with Crippen molar-refractivity contribution in [1.82, 2.24) is 5.48 Å². The maximum absolute atomic E-state index is 12.5. The van der Waals surface area contributed by atoms with Gasteiger partial charge in [0, 0.05) is 6.20 Å². The zero-order valence-corrected chi connectivity index (χ0v) is 6.33. The molecule has 1 aliphatic heterocycles. The summed E-state index contributed by atoms with van der Waals surface area (Å²) in [7, 11) is 0. The topological polar surface area (TPSA) is 21.3 Å². The molecule has 1 aromatic carbocycles. The lowest BCUT2D eigenvalue weighted by molar-refractivity contribution is 0.0470. The molecule has 62 valence electrons. The van der Waals surface area contributed by atoms with Crippen LogP contribution in [-0.2, 0) is 4.84 Å². The molecule has 1 unspecified atom stereocenters. The van der Waals surface area contributed by atoms with Gasteiger partial charge in [0.05, 0.1) is 0 Å². The first kappa shape index (κ1) is 7.31. The number of halogens is 1. The van der Waals surface area contributed by atoms with E-state index in [-0.39, 0.29) is 11.9 Å². The standard InChI is InChI=1S/C9H8FNO/c10-8-3-1-7(2-4-8)9-5-6-11-12-9/h1-6,9,11H.